The summed E-state index contributed by atoms with van der Waals surface area (Å²) in [7, 11) is 0. The lowest BCUT2D eigenvalue weighted by Crippen LogP contribution is -2.21. The Kier molecular flexibility index (Phi) is 5.48. The third-order valence-corrected chi connectivity index (χ3v) is 3.99. The molecule has 0 fully saturated rings. The Labute approximate surface area is 132 Å². The Hall–Kier alpha value is -1.26. The Morgan fingerprint density at radius 3 is 2.71 bits per heavy atom. The van der Waals surface area contributed by atoms with Crippen LogP contribution in [0.15, 0.2) is 18.5 Å². The smallest absolute Gasteiger partial charge is 0.0868 e. The first-order valence-electron chi connectivity index (χ1n) is 7.67. The van der Waals surface area contributed by atoms with Gasteiger partial charge in [0, 0.05) is 31.5 Å². The van der Waals surface area contributed by atoms with Crippen molar-refractivity contribution in [3.05, 3.63) is 40.4 Å². The van der Waals surface area contributed by atoms with E-state index in [4.69, 9.17) is 11.6 Å². The van der Waals surface area contributed by atoms with E-state index >= 15 is 0 Å². The van der Waals surface area contributed by atoms with Crippen molar-refractivity contribution < 1.29 is 0 Å². The van der Waals surface area contributed by atoms with Crippen LogP contribution in [0.3, 0.4) is 0 Å². The minimum absolute atomic E-state index is 0.497. The summed E-state index contributed by atoms with van der Waals surface area (Å²) in [6.07, 6.45) is 5.14. The molecule has 0 atom stereocenters. The van der Waals surface area contributed by atoms with Crippen molar-refractivity contribution in [2.24, 2.45) is 0 Å². The number of aryl methyl sites for hydroxylation is 2. The standard InChI is InChI=1S/C16H25ClN4/c1-5-14-16(17)15(21(6-2)19-14)11-20-8-7-13(10-20)9-18-12(3)4/h7-8,10,12,18H,5-6,9,11H2,1-4H3. The minimum Gasteiger partial charge on any atom is -0.348 e. The highest BCUT2D eigenvalue weighted by Gasteiger charge is 2.14. The molecule has 116 valence electrons. The maximum absolute atomic E-state index is 6.46. The van der Waals surface area contributed by atoms with E-state index in [0.717, 1.165) is 42.5 Å². The molecule has 0 amide bonds. The van der Waals surface area contributed by atoms with Crippen molar-refractivity contribution in [2.45, 2.75) is 59.8 Å². The molecule has 21 heavy (non-hydrogen) atoms. The number of aromatic nitrogens is 3. The second-order valence-electron chi connectivity index (χ2n) is 5.60. The highest BCUT2D eigenvalue weighted by atomic mass is 35.5. The van der Waals surface area contributed by atoms with Gasteiger partial charge < -0.3 is 9.88 Å². The maximum atomic E-state index is 6.46. The molecule has 2 rings (SSSR count). The van der Waals surface area contributed by atoms with Crippen molar-refractivity contribution in [3.63, 3.8) is 0 Å². The fourth-order valence-corrected chi connectivity index (χ4v) is 2.69. The molecule has 0 unspecified atom stereocenters. The normalized spacial score (nSPS) is 11.5. The van der Waals surface area contributed by atoms with Gasteiger partial charge in [-0.25, -0.2) is 0 Å². The molecule has 0 aliphatic heterocycles. The van der Waals surface area contributed by atoms with Crippen LogP contribution in [0.25, 0.3) is 0 Å². The van der Waals surface area contributed by atoms with Gasteiger partial charge in [0.2, 0.25) is 0 Å². The molecule has 0 aliphatic carbocycles. The fraction of sp³-hybridized carbons (Fsp3) is 0.562. The van der Waals surface area contributed by atoms with Gasteiger partial charge in [0.1, 0.15) is 0 Å². The Morgan fingerprint density at radius 1 is 1.33 bits per heavy atom. The highest BCUT2D eigenvalue weighted by Crippen LogP contribution is 2.22. The van der Waals surface area contributed by atoms with Crippen LogP contribution in [-0.4, -0.2) is 20.4 Å². The number of hydrogen-bond acceptors (Lipinski definition) is 2. The minimum atomic E-state index is 0.497. The van der Waals surface area contributed by atoms with Crippen molar-refractivity contribution in [2.75, 3.05) is 0 Å². The molecule has 0 bridgehead atoms. The summed E-state index contributed by atoms with van der Waals surface area (Å²) in [5, 5.41) is 8.81. The molecule has 2 aromatic rings. The molecule has 0 saturated heterocycles. The summed E-state index contributed by atoms with van der Waals surface area (Å²) in [6, 6.07) is 2.65. The van der Waals surface area contributed by atoms with Gasteiger partial charge in [-0.3, -0.25) is 4.68 Å². The van der Waals surface area contributed by atoms with Gasteiger partial charge in [0.25, 0.3) is 0 Å². The zero-order valence-corrected chi connectivity index (χ0v) is 14.1. The quantitative estimate of drug-likeness (QED) is 0.850. The van der Waals surface area contributed by atoms with Gasteiger partial charge in [-0.05, 0) is 25.0 Å². The largest absolute Gasteiger partial charge is 0.348 e. The van der Waals surface area contributed by atoms with Crippen molar-refractivity contribution in [1.29, 1.82) is 0 Å². The zero-order chi connectivity index (χ0) is 15.4. The molecular weight excluding hydrogens is 284 g/mol. The van der Waals surface area contributed by atoms with E-state index in [1.54, 1.807) is 0 Å². The van der Waals surface area contributed by atoms with Crippen LogP contribution < -0.4 is 5.32 Å². The van der Waals surface area contributed by atoms with E-state index in [-0.39, 0.29) is 0 Å². The van der Waals surface area contributed by atoms with E-state index in [2.05, 4.69) is 61.1 Å². The van der Waals surface area contributed by atoms with Crippen molar-refractivity contribution in [1.82, 2.24) is 19.7 Å². The van der Waals surface area contributed by atoms with Gasteiger partial charge in [-0.15, -0.1) is 0 Å². The van der Waals surface area contributed by atoms with Gasteiger partial charge in [-0.1, -0.05) is 32.4 Å². The summed E-state index contributed by atoms with van der Waals surface area (Å²) in [4.78, 5) is 0. The molecule has 0 spiro atoms. The van der Waals surface area contributed by atoms with Crippen LogP contribution in [-0.2, 0) is 26.1 Å². The molecule has 0 aliphatic rings. The van der Waals surface area contributed by atoms with E-state index in [0.29, 0.717) is 6.04 Å². The van der Waals surface area contributed by atoms with E-state index in [9.17, 15) is 0 Å². The lowest BCUT2D eigenvalue weighted by atomic mass is 10.3. The van der Waals surface area contributed by atoms with Crippen LogP contribution in [0.2, 0.25) is 5.02 Å². The SMILES string of the molecule is CCc1nn(CC)c(Cn2ccc(CNC(C)C)c2)c1Cl. The first kappa shape index (κ1) is 16.1. The molecule has 0 saturated carbocycles. The van der Waals surface area contributed by atoms with E-state index < -0.39 is 0 Å². The topological polar surface area (TPSA) is 34.8 Å². The van der Waals surface area contributed by atoms with Crippen LogP contribution >= 0.6 is 11.6 Å². The van der Waals surface area contributed by atoms with E-state index in [1.165, 1.54) is 5.56 Å². The molecule has 0 aromatic carbocycles. The average molecular weight is 309 g/mol. The molecule has 2 heterocycles. The number of hydrogen-bond donors (Lipinski definition) is 1. The molecule has 2 aromatic heterocycles. The second kappa shape index (κ2) is 7.14. The second-order valence-corrected chi connectivity index (χ2v) is 5.98. The maximum Gasteiger partial charge on any atom is 0.0868 e. The van der Waals surface area contributed by atoms with Gasteiger partial charge in [0.15, 0.2) is 0 Å². The van der Waals surface area contributed by atoms with Crippen LogP contribution in [0.5, 0.6) is 0 Å². The number of rotatable bonds is 7. The van der Waals surface area contributed by atoms with Crippen molar-refractivity contribution >= 4 is 11.6 Å². The molecule has 0 radical (unpaired) electrons. The summed E-state index contributed by atoms with van der Waals surface area (Å²) in [5.41, 5.74) is 3.37. The van der Waals surface area contributed by atoms with Crippen LogP contribution in [0, 0.1) is 0 Å². The number of nitrogens with one attached hydrogen (secondary N) is 1. The third kappa shape index (κ3) is 3.89. The predicted octanol–water partition coefficient (Wildman–Crippen LogP) is 3.47. The lowest BCUT2D eigenvalue weighted by molar-refractivity contribution is 0.584. The summed E-state index contributed by atoms with van der Waals surface area (Å²) >= 11 is 6.46. The Balaban J connectivity index is 2.13. The summed E-state index contributed by atoms with van der Waals surface area (Å²) in [5.74, 6) is 0. The summed E-state index contributed by atoms with van der Waals surface area (Å²) < 4.78 is 4.18. The Bertz CT molecular complexity index is 583. The first-order chi connectivity index (χ1) is 10.0. The number of halogens is 1. The predicted molar refractivity (Wildman–Crippen MR) is 87.8 cm³/mol. The molecular formula is C16H25ClN4. The van der Waals surface area contributed by atoms with Gasteiger partial charge in [-0.2, -0.15) is 5.10 Å². The van der Waals surface area contributed by atoms with Crippen molar-refractivity contribution in [3.8, 4) is 0 Å². The fourth-order valence-electron chi connectivity index (χ4n) is 2.36. The molecule has 4 nitrogen and oxygen atoms in total. The lowest BCUT2D eigenvalue weighted by Gasteiger charge is -2.07. The molecule has 1 N–H and O–H groups in total. The highest BCUT2D eigenvalue weighted by molar-refractivity contribution is 6.31. The van der Waals surface area contributed by atoms with Gasteiger partial charge in [0.05, 0.1) is 23.0 Å². The van der Waals surface area contributed by atoms with Gasteiger partial charge >= 0.3 is 0 Å². The zero-order valence-electron chi connectivity index (χ0n) is 13.4. The number of nitrogens with zero attached hydrogens (tertiary/aromatic N) is 3. The summed E-state index contributed by atoms with van der Waals surface area (Å²) in [6.45, 7) is 11.0. The first-order valence-corrected chi connectivity index (χ1v) is 8.05. The molecule has 5 heteroatoms. The monoisotopic (exact) mass is 308 g/mol. The Morgan fingerprint density at radius 2 is 2.10 bits per heavy atom. The van der Waals surface area contributed by atoms with Crippen LogP contribution in [0.1, 0.15) is 44.6 Å². The van der Waals surface area contributed by atoms with Crippen LogP contribution in [0.4, 0.5) is 0 Å². The third-order valence-electron chi connectivity index (χ3n) is 3.55. The van der Waals surface area contributed by atoms with E-state index in [1.807, 2.05) is 4.68 Å². The average Bonchev–Trinajstić information content (AvgIpc) is 3.03.